The Bertz CT molecular complexity index is 198. The number of hydrogen-bond acceptors (Lipinski definition) is 1. The Balaban J connectivity index is 1.84. The summed E-state index contributed by atoms with van der Waals surface area (Å²) in [5, 5.41) is 3.77. The molecule has 0 aromatic heterocycles. The third kappa shape index (κ3) is 3.48. The van der Waals surface area contributed by atoms with Gasteiger partial charge in [-0.3, -0.25) is 0 Å². The van der Waals surface area contributed by atoms with Gasteiger partial charge >= 0.3 is 0 Å². The van der Waals surface area contributed by atoms with E-state index in [-0.39, 0.29) is 0 Å². The Labute approximate surface area is 101 Å². The Morgan fingerprint density at radius 3 is 2.50 bits per heavy atom. The molecule has 2 aliphatic carbocycles. The Kier molecular flexibility index (Phi) is 4.69. The van der Waals surface area contributed by atoms with E-state index in [1.807, 2.05) is 0 Å². The summed E-state index contributed by atoms with van der Waals surface area (Å²) in [4.78, 5) is 0. The summed E-state index contributed by atoms with van der Waals surface area (Å²) < 4.78 is 0. The van der Waals surface area contributed by atoms with Crippen molar-refractivity contribution in [1.82, 2.24) is 5.32 Å². The van der Waals surface area contributed by atoms with Gasteiger partial charge in [0.25, 0.3) is 0 Å². The lowest BCUT2D eigenvalue weighted by atomic mass is 9.75. The number of rotatable bonds is 6. The van der Waals surface area contributed by atoms with Gasteiger partial charge in [-0.15, -0.1) is 0 Å². The van der Waals surface area contributed by atoms with E-state index in [0.717, 1.165) is 30.3 Å². The lowest BCUT2D eigenvalue weighted by molar-refractivity contribution is 0.199. The van der Waals surface area contributed by atoms with Gasteiger partial charge in [0.2, 0.25) is 0 Å². The smallest absolute Gasteiger partial charge is 0.00979 e. The van der Waals surface area contributed by atoms with Crippen LogP contribution in [0.3, 0.4) is 0 Å². The summed E-state index contributed by atoms with van der Waals surface area (Å²) in [5.74, 6) is 3.09. The fourth-order valence-electron chi connectivity index (χ4n) is 3.49. The van der Waals surface area contributed by atoms with Gasteiger partial charge in [-0.25, -0.2) is 0 Å². The average molecular weight is 223 g/mol. The maximum atomic E-state index is 3.77. The highest BCUT2D eigenvalue weighted by molar-refractivity contribution is 4.87. The molecule has 0 radical (unpaired) electrons. The first-order chi connectivity index (χ1) is 7.83. The van der Waals surface area contributed by atoms with Crippen LogP contribution in [0.5, 0.6) is 0 Å². The van der Waals surface area contributed by atoms with Gasteiger partial charge in [-0.2, -0.15) is 0 Å². The number of nitrogens with one attached hydrogen (secondary N) is 1. The molecule has 0 saturated heterocycles. The van der Waals surface area contributed by atoms with Gasteiger partial charge in [0, 0.05) is 6.04 Å². The first-order valence-electron chi connectivity index (χ1n) is 7.56. The van der Waals surface area contributed by atoms with Crippen molar-refractivity contribution in [3.05, 3.63) is 0 Å². The highest BCUT2D eigenvalue weighted by Crippen LogP contribution is 2.39. The summed E-state index contributed by atoms with van der Waals surface area (Å²) in [6, 6.07) is 0.840. The van der Waals surface area contributed by atoms with Gasteiger partial charge in [-0.1, -0.05) is 46.0 Å². The molecule has 2 fully saturated rings. The van der Waals surface area contributed by atoms with Crippen LogP contribution in [0.2, 0.25) is 0 Å². The molecular formula is C15H29N. The van der Waals surface area contributed by atoms with Gasteiger partial charge in [-0.05, 0) is 43.6 Å². The number of hydrogen-bond donors (Lipinski definition) is 1. The van der Waals surface area contributed by atoms with Crippen LogP contribution in [0.25, 0.3) is 0 Å². The molecule has 2 aliphatic rings. The van der Waals surface area contributed by atoms with E-state index >= 15 is 0 Å². The van der Waals surface area contributed by atoms with Crippen molar-refractivity contribution in [3.63, 3.8) is 0 Å². The average Bonchev–Trinajstić information content (AvgIpc) is 3.12. The van der Waals surface area contributed by atoms with E-state index < -0.39 is 0 Å². The van der Waals surface area contributed by atoms with Crippen molar-refractivity contribution in [2.75, 3.05) is 6.54 Å². The van der Waals surface area contributed by atoms with E-state index in [1.165, 1.54) is 51.4 Å². The fraction of sp³-hybridized carbons (Fsp3) is 1.00. The zero-order valence-corrected chi connectivity index (χ0v) is 11.2. The molecule has 0 aromatic rings. The molecule has 3 unspecified atom stereocenters. The van der Waals surface area contributed by atoms with Crippen LogP contribution < -0.4 is 5.32 Å². The molecule has 0 bridgehead atoms. The van der Waals surface area contributed by atoms with E-state index in [2.05, 4.69) is 19.2 Å². The second-order valence-electron chi connectivity index (χ2n) is 6.04. The van der Waals surface area contributed by atoms with Gasteiger partial charge in [0.15, 0.2) is 0 Å². The van der Waals surface area contributed by atoms with Gasteiger partial charge in [0.1, 0.15) is 0 Å². The minimum atomic E-state index is 0.840. The Morgan fingerprint density at radius 1 is 1.06 bits per heavy atom. The van der Waals surface area contributed by atoms with Crippen LogP contribution >= 0.6 is 0 Å². The van der Waals surface area contributed by atoms with Gasteiger partial charge in [0.05, 0.1) is 0 Å². The molecule has 94 valence electrons. The molecule has 1 N–H and O–H groups in total. The van der Waals surface area contributed by atoms with Crippen LogP contribution in [0.15, 0.2) is 0 Å². The van der Waals surface area contributed by atoms with Crippen LogP contribution in [0.4, 0.5) is 0 Å². The second kappa shape index (κ2) is 6.05. The largest absolute Gasteiger partial charge is 0.314 e. The summed E-state index contributed by atoms with van der Waals surface area (Å²) in [5.41, 5.74) is 0. The molecule has 0 heterocycles. The lowest BCUT2D eigenvalue weighted by Crippen LogP contribution is -2.39. The molecule has 0 aromatic carbocycles. The summed E-state index contributed by atoms with van der Waals surface area (Å²) in [6.07, 6.45) is 11.8. The first-order valence-corrected chi connectivity index (χ1v) is 7.56. The molecule has 0 amide bonds. The van der Waals surface area contributed by atoms with Crippen LogP contribution in [0, 0.1) is 17.8 Å². The highest BCUT2D eigenvalue weighted by atomic mass is 14.9. The molecule has 3 atom stereocenters. The minimum absolute atomic E-state index is 0.840. The zero-order valence-electron chi connectivity index (χ0n) is 11.2. The predicted octanol–water partition coefficient (Wildman–Crippen LogP) is 3.98. The van der Waals surface area contributed by atoms with Crippen molar-refractivity contribution in [2.45, 2.75) is 71.3 Å². The van der Waals surface area contributed by atoms with Crippen molar-refractivity contribution in [2.24, 2.45) is 17.8 Å². The van der Waals surface area contributed by atoms with Crippen LogP contribution in [0.1, 0.15) is 65.2 Å². The molecule has 0 spiro atoms. The molecule has 16 heavy (non-hydrogen) atoms. The summed E-state index contributed by atoms with van der Waals surface area (Å²) in [7, 11) is 0. The van der Waals surface area contributed by atoms with Crippen molar-refractivity contribution in [1.29, 1.82) is 0 Å². The van der Waals surface area contributed by atoms with E-state index in [4.69, 9.17) is 0 Å². The Morgan fingerprint density at radius 2 is 1.88 bits per heavy atom. The monoisotopic (exact) mass is 223 g/mol. The van der Waals surface area contributed by atoms with Crippen LogP contribution in [-0.2, 0) is 0 Å². The zero-order chi connectivity index (χ0) is 11.4. The molecule has 0 aliphatic heterocycles. The highest BCUT2D eigenvalue weighted by Gasteiger charge is 2.32. The molecule has 2 saturated carbocycles. The molecular weight excluding hydrogens is 194 g/mol. The molecule has 2 rings (SSSR count). The fourth-order valence-corrected chi connectivity index (χ4v) is 3.49. The van der Waals surface area contributed by atoms with Crippen molar-refractivity contribution >= 4 is 0 Å². The third-order valence-electron chi connectivity index (χ3n) is 4.72. The van der Waals surface area contributed by atoms with Crippen molar-refractivity contribution in [3.8, 4) is 0 Å². The maximum absolute atomic E-state index is 3.77. The van der Waals surface area contributed by atoms with Crippen molar-refractivity contribution < 1.29 is 0 Å². The summed E-state index contributed by atoms with van der Waals surface area (Å²) >= 11 is 0. The SMILES string of the molecule is CCNC(CC1CC1)C1CCCC(CC)C1. The topological polar surface area (TPSA) is 12.0 Å². The third-order valence-corrected chi connectivity index (χ3v) is 4.72. The quantitative estimate of drug-likeness (QED) is 0.718. The molecule has 1 heteroatoms. The molecule has 1 nitrogen and oxygen atoms in total. The van der Waals surface area contributed by atoms with Crippen LogP contribution in [-0.4, -0.2) is 12.6 Å². The normalized spacial score (nSPS) is 32.6. The predicted molar refractivity (Wildman–Crippen MR) is 70.5 cm³/mol. The lowest BCUT2D eigenvalue weighted by Gasteiger charge is -2.35. The summed E-state index contributed by atoms with van der Waals surface area (Å²) in [6.45, 7) is 5.79. The van der Waals surface area contributed by atoms with E-state index in [0.29, 0.717) is 0 Å². The standard InChI is InChI=1S/C15H29N/c1-3-12-6-5-7-14(10-12)15(16-4-2)11-13-8-9-13/h12-16H,3-11H2,1-2H3. The maximum Gasteiger partial charge on any atom is 0.00979 e. The van der Waals surface area contributed by atoms with E-state index in [9.17, 15) is 0 Å². The van der Waals surface area contributed by atoms with Gasteiger partial charge < -0.3 is 5.32 Å². The Hall–Kier alpha value is -0.0400. The second-order valence-corrected chi connectivity index (χ2v) is 6.04. The van der Waals surface area contributed by atoms with E-state index in [1.54, 1.807) is 0 Å². The first kappa shape index (κ1) is 12.4. The minimum Gasteiger partial charge on any atom is -0.314 e.